The van der Waals surface area contributed by atoms with Crippen molar-refractivity contribution in [3.8, 4) is 0 Å². The fraction of sp³-hybridized carbons (Fsp3) is 0.840. The van der Waals surface area contributed by atoms with Crippen LogP contribution < -0.4 is 5.73 Å². The highest BCUT2D eigenvalue weighted by molar-refractivity contribution is 7.47. The van der Waals surface area contributed by atoms with Gasteiger partial charge in [-0.15, -0.1) is 0 Å². The molecule has 1 unspecified atom stereocenters. The van der Waals surface area contributed by atoms with E-state index in [4.69, 9.17) is 20.1 Å². The van der Waals surface area contributed by atoms with Crippen LogP contribution in [0.2, 0.25) is 0 Å². The van der Waals surface area contributed by atoms with Gasteiger partial charge in [0.25, 0.3) is 0 Å². The zero-order valence-corrected chi connectivity index (χ0v) is 22.4. The van der Waals surface area contributed by atoms with Crippen LogP contribution in [-0.4, -0.2) is 47.8 Å². The van der Waals surface area contributed by atoms with Crippen molar-refractivity contribution < 1.29 is 37.9 Å². The smallest absolute Gasteiger partial charge is 0.472 e. The minimum Gasteiger partial charge on any atom is -0.480 e. The molecule has 9 nitrogen and oxygen atoms in total. The van der Waals surface area contributed by atoms with Crippen LogP contribution in [0.3, 0.4) is 0 Å². The molecule has 0 aliphatic rings. The fourth-order valence-corrected chi connectivity index (χ4v) is 4.05. The number of hydrogen-bond acceptors (Lipinski definition) is 7. The van der Waals surface area contributed by atoms with Crippen LogP contribution in [0, 0.1) is 0 Å². The number of nitrogens with two attached hydrogens (primary N) is 1. The summed E-state index contributed by atoms with van der Waals surface area (Å²) < 4.78 is 26.0. The number of aliphatic carboxylic acids is 1. The van der Waals surface area contributed by atoms with E-state index < -0.39 is 26.4 Å². The molecule has 0 heterocycles. The molecule has 0 saturated carbocycles. The van der Waals surface area contributed by atoms with Crippen molar-refractivity contribution in [1.82, 2.24) is 0 Å². The average molecular weight is 522 g/mol. The Kier molecular flexibility index (Phi) is 22.3. The van der Waals surface area contributed by atoms with E-state index >= 15 is 0 Å². The third-order valence-corrected chi connectivity index (χ3v) is 6.42. The Morgan fingerprint density at radius 2 is 1.37 bits per heavy atom. The van der Waals surface area contributed by atoms with Gasteiger partial charge in [-0.3, -0.25) is 18.6 Å². The molecule has 0 spiro atoms. The molecule has 10 heteroatoms. The van der Waals surface area contributed by atoms with Crippen molar-refractivity contribution in [3.05, 3.63) is 12.2 Å². The van der Waals surface area contributed by atoms with Crippen LogP contribution in [-0.2, 0) is 27.9 Å². The summed E-state index contributed by atoms with van der Waals surface area (Å²) in [4.78, 5) is 31.7. The fourth-order valence-electron chi connectivity index (χ4n) is 3.27. The Balaban J connectivity index is 3.46. The summed E-state index contributed by atoms with van der Waals surface area (Å²) in [5.74, 6) is -1.57. The largest absolute Gasteiger partial charge is 0.480 e. The molecule has 0 aromatic rings. The zero-order valence-electron chi connectivity index (χ0n) is 21.5. The van der Waals surface area contributed by atoms with Crippen molar-refractivity contribution in [2.24, 2.45) is 5.73 Å². The molecular weight excluding hydrogens is 473 g/mol. The molecule has 0 bridgehead atoms. The summed E-state index contributed by atoms with van der Waals surface area (Å²) >= 11 is 0. The molecule has 0 rings (SSSR count). The monoisotopic (exact) mass is 521 g/mol. The van der Waals surface area contributed by atoms with Crippen LogP contribution in [0.1, 0.15) is 110 Å². The van der Waals surface area contributed by atoms with Crippen molar-refractivity contribution in [2.75, 3.05) is 19.8 Å². The van der Waals surface area contributed by atoms with Gasteiger partial charge in [0.2, 0.25) is 0 Å². The van der Waals surface area contributed by atoms with Crippen LogP contribution in [0.4, 0.5) is 0 Å². The van der Waals surface area contributed by atoms with E-state index in [-0.39, 0.29) is 19.2 Å². The number of carboxylic acid groups (broad SMARTS) is 1. The molecule has 206 valence electrons. The molecule has 0 aliphatic heterocycles. The van der Waals surface area contributed by atoms with Gasteiger partial charge in [-0.2, -0.15) is 0 Å². The van der Waals surface area contributed by atoms with Gasteiger partial charge in [0.15, 0.2) is 0 Å². The Morgan fingerprint density at radius 3 is 1.97 bits per heavy atom. The maximum Gasteiger partial charge on any atom is 0.472 e. The molecule has 0 aliphatic carbocycles. The van der Waals surface area contributed by atoms with Crippen molar-refractivity contribution in [2.45, 2.75) is 116 Å². The predicted molar refractivity (Wildman–Crippen MR) is 137 cm³/mol. The maximum absolute atomic E-state index is 11.7. The van der Waals surface area contributed by atoms with Gasteiger partial charge < -0.3 is 20.5 Å². The molecule has 0 fully saturated rings. The van der Waals surface area contributed by atoms with E-state index in [1.165, 1.54) is 57.8 Å². The Bertz CT molecular complexity index is 614. The first-order valence-electron chi connectivity index (χ1n) is 13.2. The average Bonchev–Trinajstić information content (AvgIpc) is 2.82. The van der Waals surface area contributed by atoms with Gasteiger partial charge in [-0.1, -0.05) is 70.4 Å². The van der Waals surface area contributed by atoms with E-state index in [2.05, 4.69) is 23.6 Å². The second kappa shape index (κ2) is 23.2. The van der Waals surface area contributed by atoms with E-state index in [9.17, 15) is 19.0 Å². The van der Waals surface area contributed by atoms with Crippen LogP contribution in [0.15, 0.2) is 12.2 Å². The Hall–Kier alpha value is -1.25. The number of carbonyl (C=O) groups is 2. The van der Waals surface area contributed by atoms with Crippen molar-refractivity contribution in [3.63, 3.8) is 0 Å². The lowest BCUT2D eigenvalue weighted by atomic mass is 10.1. The summed E-state index contributed by atoms with van der Waals surface area (Å²) in [6, 6.07) is -1.40. The summed E-state index contributed by atoms with van der Waals surface area (Å²) in [6.07, 6.45) is 21.6. The zero-order chi connectivity index (χ0) is 26.2. The van der Waals surface area contributed by atoms with Gasteiger partial charge in [0, 0.05) is 6.42 Å². The van der Waals surface area contributed by atoms with Crippen LogP contribution >= 0.6 is 7.82 Å². The number of carbonyl (C=O) groups excluding carboxylic acids is 1. The molecule has 0 radical (unpaired) electrons. The number of phosphoric ester groups is 1. The normalized spacial score (nSPS) is 14.1. The second-order valence-corrected chi connectivity index (χ2v) is 10.3. The van der Waals surface area contributed by atoms with Gasteiger partial charge in [0.1, 0.15) is 6.04 Å². The van der Waals surface area contributed by atoms with Gasteiger partial charge in [-0.25, -0.2) is 4.57 Å². The molecule has 4 N–H and O–H groups in total. The second-order valence-electron chi connectivity index (χ2n) is 8.80. The summed E-state index contributed by atoms with van der Waals surface area (Å²) in [5, 5.41) is 8.60. The van der Waals surface area contributed by atoms with Crippen molar-refractivity contribution >= 4 is 19.8 Å². The van der Waals surface area contributed by atoms with E-state index in [1.807, 2.05) is 0 Å². The number of unbranched alkanes of at least 4 members (excludes halogenated alkanes) is 12. The highest BCUT2D eigenvalue weighted by Crippen LogP contribution is 2.43. The number of phosphoric acid groups is 1. The summed E-state index contributed by atoms with van der Waals surface area (Å²) in [5.41, 5.74) is 5.19. The van der Waals surface area contributed by atoms with E-state index in [0.29, 0.717) is 19.3 Å². The number of esters is 1. The minimum atomic E-state index is -4.35. The van der Waals surface area contributed by atoms with Gasteiger partial charge in [0.05, 0.1) is 19.8 Å². The van der Waals surface area contributed by atoms with Gasteiger partial charge in [-0.05, 0) is 44.9 Å². The lowest BCUT2D eigenvalue weighted by Gasteiger charge is -2.13. The van der Waals surface area contributed by atoms with Crippen LogP contribution in [0.25, 0.3) is 0 Å². The third kappa shape index (κ3) is 24.2. The van der Waals surface area contributed by atoms with E-state index in [1.54, 1.807) is 0 Å². The lowest BCUT2D eigenvalue weighted by Crippen LogP contribution is -2.34. The Morgan fingerprint density at radius 1 is 0.829 bits per heavy atom. The first-order chi connectivity index (χ1) is 16.8. The molecule has 0 amide bonds. The third-order valence-electron chi connectivity index (χ3n) is 5.43. The molecule has 0 aromatic carbocycles. The standard InChI is InChI=1S/C25H48NO8P/c1-2-3-4-5-6-7-8-9-10-11-12-13-14-15-16-19-24(27)32-20-17-18-21-33-35(30,31)34-22-23(26)25(28)29/h9-10,23H,2-8,11-22,26H2,1H3,(H,28,29)(H,30,31)/b10-9-/t23-/m0/s1. The molecular formula is C25H48NO8P. The SMILES string of the molecule is CCCCCCCC/C=C\CCCCCCCC(=O)OCCCCOP(=O)(O)OC[C@H](N)C(=O)O. The highest BCUT2D eigenvalue weighted by Gasteiger charge is 2.24. The first kappa shape index (κ1) is 33.8. The highest BCUT2D eigenvalue weighted by atomic mass is 31.2. The predicted octanol–water partition coefficient (Wildman–Crippen LogP) is 5.89. The summed E-state index contributed by atoms with van der Waals surface area (Å²) in [6.45, 7) is 1.75. The quantitative estimate of drug-likeness (QED) is 0.0579. The maximum atomic E-state index is 11.7. The van der Waals surface area contributed by atoms with Crippen molar-refractivity contribution in [1.29, 1.82) is 0 Å². The number of allylic oxidation sites excluding steroid dienone is 2. The van der Waals surface area contributed by atoms with Crippen LogP contribution in [0.5, 0.6) is 0 Å². The number of ether oxygens (including phenoxy) is 1. The number of rotatable bonds is 25. The van der Waals surface area contributed by atoms with E-state index in [0.717, 1.165) is 25.7 Å². The topological polar surface area (TPSA) is 145 Å². The lowest BCUT2D eigenvalue weighted by molar-refractivity contribution is -0.144. The molecule has 0 aromatic heterocycles. The molecule has 2 atom stereocenters. The Labute approximate surface area is 211 Å². The first-order valence-corrected chi connectivity index (χ1v) is 14.7. The van der Waals surface area contributed by atoms with Gasteiger partial charge >= 0.3 is 19.8 Å². The molecule has 0 saturated heterocycles. The summed E-state index contributed by atoms with van der Waals surface area (Å²) in [7, 11) is -4.35. The number of carboxylic acids is 1. The minimum absolute atomic E-state index is 0.0815. The number of hydrogen-bond donors (Lipinski definition) is 3. The molecule has 35 heavy (non-hydrogen) atoms.